The van der Waals surface area contributed by atoms with Crippen molar-refractivity contribution in [3.63, 3.8) is 0 Å². The van der Waals surface area contributed by atoms with Crippen LogP contribution in [-0.2, 0) is 0 Å². The van der Waals surface area contributed by atoms with Gasteiger partial charge in [0.2, 0.25) is 5.95 Å². The van der Waals surface area contributed by atoms with Crippen LogP contribution in [0, 0.1) is 11.3 Å². The minimum atomic E-state index is -0.411. The first-order valence-corrected chi connectivity index (χ1v) is 12.5. The Morgan fingerprint density at radius 3 is 2.56 bits per heavy atom. The van der Waals surface area contributed by atoms with Gasteiger partial charge in [-0.25, -0.2) is 9.78 Å². The van der Waals surface area contributed by atoms with E-state index in [2.05, 4.69) is 36.6 Å². The number of anilines is 3. The van der Waals surface area contributed by atoms with Crippen LogP contribution in [0.25, 0.3) is 10.9 Å². The second kappa shape index (κ2) is 9.96. The van der Waals surface area contributed by atoms with Crippen LogP contribution in [0.2, 0.25) is 0 Å². The average Bonchev–Trinajstić information content (AvgIpc) is 3.72. The number of benzene rings is 1. The molecule has 1 aliphatic carbocycles. The molecule has 2 aromatic heterocycles. The Hall–Kier alpha value is -3.95. The summed E-state index contributed by atoms with van der Waals surface area (Å²) in [5.41, 5.74) is 8.80. The number of fused-ring (bicyclic) bond motifs is 1. The Balaban J connectivity index is 1.51. The summed E-state index contributed by atoms with van der Waals surface area (Å²) in [5, 5.41) is 16.3. The Kier molecular flexibility index (Phi) is 6.58. The summed E-state index contributed by atoms with van der Waals surface area (Å²) in [5.74, 6) is 1.70. The van der Waals surface area contributed by atoms with Gasteiger partial charge in [0, 0.05) is 50.0 Å². The number of nitrogens with zero attached hydrogens (tertiary/aromatic N) is 5. The maximum absolute atomic E-state index is 11.6. The van der Waals surface area contributed by atoms with Crippen LogP contribution in [0.15, 0.2) is 36.5 Å². The van der Waals surface area contributed by atoms with Crippen LogP contribution < -0.4 is 21.3 Å². The van der Waals surface area contributed by atoms with Crippen molar-refractivity contribution in [2.45, 2.75) is 38.8 Å². The number of carbonyl (C=O) groups excluding carboxylic acids is 1. The first kappa shape index (κ1) is 23.8. The van der Waals surface area contributed by atoms with Crippen LogP contribution in [0.3, 0.4) is 0 Å². The number of nitrogens with one attached hydrogen (secondary N) is 3. The Morgan fingerprint density at radius 1 is 1.14 bits per heavy atom. The number of amides is 2. The van der Waals surface area contributed by atoms with Crippen LogP contribution >= 0.6 is 0 Å². The summed E-state index contributed by atoms with van der Waals surface area (Å²) in [6.07, 6.45) is 5.50. The predicted octanol–water partition coefficient (Wildman–Crippen LogP) is 3.61. The zero-order valence-electron chi connectivity index (χ0n) is 20.7. The SMILES string of the molecule is CC(C)Nc1c(C=N)nc(N2CCN(C(N)=O)CC2)nc1N[C@@H](c1cnc2ccccc2c1)C1CC1. The fourth-order valence-corrected chi connectivity index (χ4v) is 4.68. The van der Waals surface area contributed by atoms with E-state index in [9.17, 15) is 4.79 Å². The van der Waals surface area contributed by atoms with E-state index < -0.39 is 6.03 Å². The zero-order valence-corrected chi connectivity index (χ0v) is 20.7. The number of carbonyl (C=O) groups is 1. The van der Waals surface area contributed by atoms with E-state index in [1.165, 1.54) is 6.21 Å². The van der Waals surface area contributed by atoms with Crippen LogP contribution in [0.4, 0.5) is 22.2 Å². The topological polar surface area (TPSA) is 136 Å². The number of nitrogens with two attached hydrogens (primary N) is 1. The van der Waals surface area contributed by atoms with Crippen molar-refractivity contribution in [3.05, 3.63) is 47.8 Å². The third-order valence-corrected chi connectivity index (χ3v) is 6.73. The van der Waals surface area contributed by atoms with E-state index in [1.54, 1.807) is 4.90 Å². The third-order valence-electron chi connectivity index (χ3n) is 6.73. The molecule has 2 fully saturated rings. The van der Waals surface area contributed by atoms with Gasteiger partial charge in [0.05, 0.1) is 11.6 Å². The average molecular weight is 488 g/mol. The van der Waals surface area contributed by atoms with E-state index in [4.69, 9.17) is 26.1 Å². The number of para-hydroxylation sites is 1. The van der Waals surface area contributed by atoms with Gasteiger partial charge < -0.3 is 31.6 Å². The smallest absolute Gasteiger partial charge is 0.314 e. The van der Waals surface area contributed by atoms with E-state index in [0.717, 1.165) is 35.0 Å². The molecule has 0 bridgehead atoms. The molecule has 0 spiro atoms. The van der Waals surface area contributed by atoms with Gasteiger partial charge in [-0.05, 0) is 50.3 Å². The minimum Gasteiger partial charge on any atom is -0.378 e. The number of primary amides is 1. The number of hydrogen-bond donors (Lipinski definition) is 4. The minimum absolute atomic E-state index is 0.0443. The summed E-state index contributed by atoms with van der Waals surface area (Å²) >= 11 is 0. The summed E-state index contributed by atoms with van der Waals surface area (Å²) in [6.45, 7) is 6.30. The fraction of sp³-hybridized carbons (Fsp3) is 0.423. The van der Waals surface area contributed by atoms with E-state index in [-0.39, 0.29) is 12.1 Å². The summed E-state index contributed by atoms with van der Waals surface area (Å²) in [4.78, 5) is 29.6. The lowest BCUT2D eigenvalue weighted by atomic mass is 10.0. The number of rotatable bonds is 8. The Labute approximate surface area is 210 Å². The molecule has 0 radical (unpaired) electrons. The molecule has 3 heterocycles. The highest BCUT2D eigenvalue weighted by molar-refractivity contribution is 5.89. The number of urea groups is 1. The van der Waals surface area contributed by atoms with Gasteiger partial charge in [0.1, 0.15) is 11.4 Å². The van der Waals surface area contributed by atoms with Gasteiger partial charge in [-0.1, -0.05) is 18.2 Å². The van der Waals surface area contributed by atoms with Gasteiger partial charge in [0.25, 0.3) is 0 Å². The molecular formula is C26H33N9O. The Morgan fingerprint density at radius 2 is 1.89 bits per heavy atom. The molecule has 36 heavy (non-hydrogen) atoms. The molecule has 1 saturated heterocycles. The largest absolute Gasteiger partial charge is 0.378 e. The lowest BCUT2D eigenvalue weighted by Crippen LogP contribution is -2.51. The highest BCUT2D eigenvalue weighted by Crippen LogP contribution is 2.44. The molecular weight excluding hydrogens is 454 g/mol. The van der Waals surface area contributed by atoms with Gasteiger partial charge in [-0.15, -0.1) is 0 Å². The number of aromatic nitrogens is 3. The van der Waals surface area contributed by atoms with Gasteiger partial charge in [-0.3, -0.25) is 4.98 Å². The first-order valence-electron chi connectivity index (χ1n) is 12.5. The molecule has 10 heteroatoms. The van der Waals surface area contributed by atoms with Crippen molar-refractivity contribution in [2.24, 2.45) is 11.7 Å². The van der Waals surface area contributed by atoms with Gasteiger partial charge >= 0.3 is 6.03 Å². The molecule has 3 aromatic rings. The van der Waals surface area contributed by atoms with E-state index in [1.807, 2.05) is 29.3 Å². The van der Waals surface area contributed by atoms with Crippen molar-refractivity contribution < 1.29 is 4.79 Å². The van der Waals surface area contributed by atoms with Crippen molar-refractivity contribution in [1.29, 1.82) is 5.41 Å². The number of pyridine rings is 1. The molecule has 10 nitrogen and oxygen atoms in total. The van der Waals surface area contributed by atoms with Crippen molar-refractivity contribution in [1.82, 2.24) is 19.9 Å². The molecule has 2 amide bonds. The first-order chi connectivity index (χ1) is 17.4. The quantitative estimate of drug-likeness (QED) is 0.356. The maximum Gasteiger partial charge on any atom is 0.314 e. The number of piperazine rings is 1. The molecule has 1 saturated carbocycles. The Bertz CT molecular complexity index is 1270. The monoisotopic (exact) mass is 487 g/mol. The highest BCUT2D eigenvalue weighted by atomic mass is 16.2. The molecule has 5 rings (SSSR count). The molecule has 1 atom stereocenters. The van der Waals surface area contributed by atoms with Gasteiger partial charge in [0.15, 0.2) is 5.82 Å². The van der Waals surface area contributed by atoms with Crippen molar-refractivity contribution in [3.8, 4) is 0 Å². The molecule has 5 N–H and O–H groups in total. The standard InChI is InChI=1S/C26H33N9O/c1-16(2)30-23-21(14-27)31-26(35-11-9-34(10-12-35)25(28)36)33-24(23)32-22(17-7-8-17)19-13-18-5-3-4-6-20(18)29-15-19/h3-6,13-17,22,27,30H,7-12H2,1-2H3,(H2,28,36)(H,31,32,33)/t22-/m1/s1. The second-order valence-electron chi connectivity index (χ2n) is 9.81. The number of hydrogen-bond acceptors (Lipinski definition) is 8. The van der Waals surface area contributed by atoms with Crippen molar-refractivity contribution >= 4 is 40.6 Å². The fourth-order valence-electron chi connectivity index (χ4n) is 4.68. The molecule has 2 aliphatic rings. The molecule has 188 valence electrons. The van der Waals surface area contributed by atoms with Crippen molar-refractivity contribution in [2.75, 3.05) is 41.7 Å². The molecule has 1 aliphatic heterocycles. The zero-order chi connectivity index (χ0) is 25.2. The normalized spacial score (nSPS) is 16.8. The second-order valence-corrected chi connectivity index (χ2v) is 9.81. The van der Waals surface area contributed by atoms with Crippen LogP contribution in [0.1, 0.15) is 44.0 Å². The highest BCUT2D eigenvalue weighted by Gasteiger charge is 2.34. The predicted molar refractivity (Wildman–Crippen MR) is 143 cm³/mol. The van der Waals surface area contributed by atoms with Crippen LogP contribution in [-0.4, -0.2) is 64.3 Å². The molecule has 0 unspecified atom stereocenters. The summed E-state index contributed by atoms with van der Waals surface area (Å²) in [6, 6.07) is 10.1. The van der Waals surface area contributed by atoms with E-state index in [0.29, 0.717) is 49.6 Å². The lowest BCUT2D eigenvalue weighted by Gasteiger charge is -2.34. The molecule has 1 aromatic carbocycles. The summed E-state index contributed by atoms with van der Waals surface area (Å²) in [7, 11) is 0. The maximum atomic E-state index is 11.6. The van der Waals surface area contributed by atoms with E-state index >= 15 is 0 Å². The summed E-state index contributed by atoms with van der Waals surface area (Å²) < 4.78 is 0. The lowest BCUT2D eigenvalue weighted by molar-refractivity contribution is 0.204. The third kappa shape index (κ3) is 5.02. The van der Waals surface area contributed by atoms with Gasteiger partial charge in [-0.2, -0.15) is 4.98 Å². The van der Waals surface area contributed by atoms with Crippen LogP contribution in [0.5, 0.6) is 0 Å².